The van der Waals surface area contributed by atoms with E-state index in [0.717, 1.165) is 88.4 Å². The summed E-state index contributed by atoms with van der Waals surface area (Å²) >= 11 is 0. The Morgan fingerprint density at radius 3 is 1.29 bits per heavy atom. The van der Waals surface area contributed by atoms with E-state index in [4.69, 9.17) is 4.42 Å². The zero-order chi connectivity index (χ0) is 50.8. The van der Waals surface area contributed by atoms with Gasteiger partial charge in [0.2, 0.25) is 0 Å². The zero-order valence-electron chi connectivity index (χ0n) is 42.0. The average molecular weight is 981 g/mol. The van der Waals surface area contributed by atoms with Crippen molar-refractivity contribution in [3.63, 3.8) is 0 Å². The van der Waals surface area contributed by atoms with Gasteiger partial charge in [-0.25, -0.2) is 0 Å². The fraction of sp³-hybridized carbons (Fsp3) is 0. The summed E-state index contributed by atoms with van der Waals surface area (Å²) < 4.78 is 7.19. The van der Waals surface area contributed by atoms with Crippen molar-refractivity contribution < 1.29 is 4.42 Å². The molecule has 0 saturated heterocycles. The van der Waals surface area contributed by atoms with Gasteiger partial charge in [0, 0.05) is 44.0 Å². The maximum atomic E-state index is 7.19. The molecule has 0 fully saturated rings. The molecule has 0 amide bonds. The van der Waals surface area contributed by atoms with Gasteiger partial charge in [-0.15, -0.1) is 0 Å². The number of fused-ring (bicyclic) bond motifs is 10. The predicted molar refractivity (Wildman–Crippen MR) is 327 cm³/mol. The molecule has 15 rings (SSSR count). The van der Waals surface area contributed by atoms with E-state index in [1.165, 1.54) is 54.9 Å². The largest absolute Gasteiger partial charge is 0.454 e. The normalized spacial score (nSPS) is 11.6. The highest BCUT2D eigenvalue weighted by atomic mass is 16.3. The highest BCUT2D eigenvalue weighted by Gasteiger charge is 2.28. The second-order valence-electron chi connectivity index (χ2n) is 19.9. The Morgan fingerprint density at radius 2 is 0.701 bits per heavy atom. The summed E-state index contributed by atoms with van der Waals surface area (Å²) in [6, 6.07) is 106. The average Bonchev–Trinajstić information content (AvgIpc) is 4.10. The van der Waals surface area contributed by atoms with Crippen molar-refractivity contribution in [2.24, 2.45) is 0 Å². The van der Waals surface area contributed by atoms with E-state index in [1.807, 2.05) is 0 Å². The topological polar surface area (TPSA) is 19.6 Å². The van der Waals surface area contributed by atoms with Crippen LogP contribution in [0.25, 0.3) is 109 Å². The molecule has 3 heteroatoms. The Morgan fingerprint density at radius 1 is 0.260 bits per heavy atom. The number of anilines is 6. The molecule has 0 spiro atoms. The lowest BCUT2D eigenvalue weighted by Gasteiger charge is -2.30. The van der Waals surface area contributed by atoms with E-state index >= 15 is 0 Å². The second kappa shape index (κ2) is 18.3. The van der Waals surface area contributed by atoms with Crippen LogP contribution < -0.4 is 9.80 Å². The highest BCUT2D eigenvalue weighted by Crippen LogP contribution is 2.53. The minimum Gasteiger partial charge on any atom is -0.454 e. The van der Waals surface area contributed by atoms with Gasteiger partial charge >= 0.3 is 0 Å². The molecule has 1 aromatic heterocycles. The Bertz CT molecular complexity index is 4580. The Kier molecular flexibility index (Phi) is 10.5. The second-order valence-corrected chi connectivity index (χ2v) is 19.9. The van der Waals surface area contributed by atoms with Gasteiger partial charge in [0.25, 0.3) is 0 Å². The fourth-order valence-electron chi connectivity index (χ4n) is 12.1. The van der Waals surface area contributed by atoms with Crippen molar-refractivity contribution in [3.05, 3.63) is 291 Å². The molecule has 360 valence electrons. The van der Waals surface area contributed by atoms with Crippen LogP contribution in [0.15, 0.2) is 296 Å². The van der Waals surface area contributed by atoms with Crippen molar-refractivity contribution in [2.45, 2.75) is 0 Å². The fourth-order valence-corrected chi connectivity index (χ4v) is 12.1. The first-order chi connectivity index (χ1) is 38.2. The third-order valence-corrected chi connectivity index (χ3v) is 15.6. The third-order valence-electron chi connectivity index (χ3n) is 15.6. The standard InChI is InChI=1S/C74H48N2O/c1-4-20-49(21-5-1)51-36-41-56(42-37-51)75(57-43-38-52(39-44-57)50-22-6-2-7-23-50)67-46-45-64(60-30-14-15-31-61(60)67)70-62-32-16-18-34-65(62)73(66-35-19-17-33-63(66)70)76(55-26-8-3-9-27-55)68-48-54-25-11-13-29-59(54)72-71-58-28-12-10-24-53(58)40-47-69(71)77-74(68)72/h1-48H. The molecular weight excluding hydrogens is 933 g/mol. The number of nitrogens with zero attached hydrogens (tertiary/aromatic N) is 2. The van der Waals surface area contributed by atoms with Crippen LogP contribution in [0.1, 0.15) is 0 Å². The van der Waals surface area contributed by atoms with Crippen molar-refractivity contribution in [3.8, 4) is 33.4 Å². The molecule has 1 heterocycles. The van der Waals surface area contributed by atoms with Gasteiger partial charge in [-0.3, -0.25) is 0 Å². The molecule has 0 unspecified atom stereocenters. The summed E-state index contributed by atoms with van der Waals surface area (Å²) in [4.78, 5) is 4.87. The van der Waals surface area contributed by atoms with Gasteiger partial charge in [-0.05, 0) is 126 Å². The van der Waals surface area contributed by atoms with E-state index in [9.17, 15) is 0 Å². The van der Waals surface area contributed by atoms with Crippen LogP contribution in [0.2, 0.25) is 0 Å². The van der Waals surface area contributed by atoms with E-state index < -0.39 is 0 Å². The summed E-state index contributed by atoms with van der Waals surface area (Å²) in [7, 11) is 0. The van der Waals surface area contributed by atoms with Crippen molar-refractivity contribution in [1.82, 2.24) is 0 Å². The lowest BCUT2D eigenvalue weighted by atomic mass is 9.87. The molecule has 0 aliphatic heterocycles. The summed E-state index contributed by atoms with van der Waals surface area (Å²) in [6.45, 7) is 0. The van der Waals surface area contributed by atoms with E-state index in [2.05, 4.69) is 301 Å². The van der Waals surface area contributed by atoms with Crippen molar-refractivity contribution in [1.29, 1.82) is 0 Å². The molecule has 0 aliphatic carbocycles. The van der Waals surface area contributed by atoms with Crippen LogP contribution in [-0.2, 0) is 0 Å². The lowest BCUT2D eigenvalue weighted by Crippen LogP contribution is -2.12. The molecule has 3 nitrogen and oxygen atoms in total. The van der Waals surface area contributed by atoms with Gasteiger partial charge in [0.05, 0.1) is 17.1 Å². The summed E-state index contributed by atoms with van der Waals surface area (Å²) in [5, 5.41) is 13.9. The van der Waals surface area contributed by atoms with E-state index in [-0.39, 0.29) is 0 Å². The van der Waals surface area contributed by atoms with Crippen molar-refractivity contribution in [2.75, 3.05) is 9.80 Å². The van der Waals surface area contributed by atoms with Gasteiger partial charge in [0.1, 0.15) is 5.58 Å². The SMILES string of the molecule is c1ccc(-c2ccc(N(c3ccc(-c4ccccc4)cc3)c3ccc(-c4c5ccccc5c(N(c5ccccc5)c5cc6ccccc6c6c5oc5ccc7ccccc7c56)c5ccccc45)c4ccccc34)cc2)cc1. The third kappa shape index (κ3) is 7.35. The van der Waals surface area contributed by atoms with Crippen LogP contribution >= 0.6 is 0 Å². The first-order valence-corrected chi connectivity index (χ1v) is 26.4. The van der Waals surface area contributed by atoms with E-state index in [0.29, 0.717) is 0 Å². The highest BCUT2D eigenvalue weighted by molar-refractivity contribution is 6.31. The molecular formula is C74H48N2O. The predicted octanol–water partition coefficient (Wildman–Crippen LogP) is 21.3. The zero-order valence-corrected chi connectivity index (χ0v) is 42.0. The Labute approximate surface area is 446 Å². The Hall–Kier alpha value is -10.2. The number of rotatable bonds is 9. The quantitative estimate of drug-likeness (QED) is 0.134. The lowest BCUT2D eigenvalue weighted by molar-refractivity contribution is 0.669. The first-order valence-electron chi connectivity index (χ1n) is 26.4. The van der Waals surface area contributed by atoms with Crippen LogP contribution in [0.3, 0.4) is 0 Å². The monoisotopic (exact) mass is 980 g/mol. The summed E-state index contributed by atoms with van der Waals surface area (Å²) in [5.41, 5.74) is 15.2. The number of hydrogen-bond donors (Lipinski definition) is 0. The minimum absolute atomic E-state index is 0.853. The number of hydrogen-bond acceptors (Lipinski definition) is 3. The van der Waals surface area contributed by atoms with Gasteiger partial charge in [-0.2, -0.15) is 0 Å². The molecule has 0 N–H and O–H groups in total. The van der Waals surface area contributed by atoms with Crippen molar-refractivity contribution >= 4 is 110 Å². The maximum absolute atomic E-state index is 7.19. The number of benzene rings is 14. The first kappa shape index (κ1) is 44.3. The van der Waals surface area contributed by atoms with Crippen LogP contribution in [0.4, 0.5) is 34.1 Å². The summed E-state index contributed by atoms with van der Waals surface area (Å²) in [5.74, 6) is 0. The number of furan rings is 1. The van der Waals surface area contributed by atoms with Gasteiger partial charge in [0.15, 0.2) is 5.58 Å². The molecule has 0 bridgehead atoms. The van der Waals surface area contributed by atoms with E-state index in [1.54, 1.807) is 0 Å². The minimum atomic E-state index is 0.853. The molecule has 0 radical (unpaired) electrons. The molecule has 14 aromatic carbocycles. The van der Waals surface area contributed by atoms with Crippen LogP contribution in [0, 0.1) is 0 Å². The molecule has 0 aliphatic rings. The number of para-hydroxylation sites is 1. The van der Waals surface area contributed by atoms with Gasteiger partial charge in [-0.1, -0.05) is 237 Å². The molecule has 15 aromatic rings. The molecule has 0 saturated carbocycles. The molecule has 77 heavy (non-hydrogen) atoms. The molecule has 0 atom stereocenters. The van der Waals surface area contributed by atoms with Crippen LogP contribution in [0.5, 0.6) is 0 Å². The van der Waals surface area contributed by atoms with Gasteiger partial charge < -0.3 is 14.2 Å². The smallest absolute Gasteiger partial charge is 0.160 e. The summed E-state index contributed by atoms with van der Waals surface area (Å²) in [6.07, 6.45) is 0. The van der Waals surface area contributed by atoms with Crippen LogP contribution in [-0.4, -0.2) is 0 Å². The maximum Gasteiger partial charge on any atom is 0.160 e. The Balaban J connectivity index is 0.965.